The van der Waals surface area contributed by atoms with Crippen LogP contribution >= 0.6 is 11.6 Å². The van der Waals surface area contributed by atoms with Gasteiger partial charge >= 0.3 is 0 Å². The van der Waals surface area contributed by atoms with E-state index >= 15 is 0 Å². The fraction of sp³-hybridized carbons (Fsp3) is 0. The third-order valence-electron chi connectivity index (χ3n) is 2.32. The van der Waals surface area contributed by atoms with Gasteiger partial charge in [0.05, 0.1) is 9.79 Å². The zero-order valence-corrected chi connectivity index (χ0v) is 12.7. The van der Waals surface area contributed by atoms with Gasteiger partial charge in [0.1, 0.15) is 17.3 Å². The van der Waals surface area contributed by atoms with Crippen molar-refractivity contribution in [2.75, 3.05) is 4.72 Å². The van der Waals surface area contributed by atoms with Gasteiger partial charge in [-0.05, 0) is 18.2 Å². The molecule has 1 aromatic carbocycles. The molecule has 112 valence electrons. The number of nitrogens with one attached hydrogen (secondary N) is 1. The summed E-state index contributed by atoms with van der Waals surface area (Å²) in [6.45, 7) is 0. The van der Waals surface area contributed by atoms with Crippen LogP contribution in [0, 0.1) is 0 Å². The molecule has 0 saturated carbocycles. The Morgan fingerprint density at radius 2 is 1.71 bits per heavy atom. The Bertz CT molecular complexity index is 883. The molecule has 2 rings (SSSR count). The Morgan fingerprint density at radius 3 is 2.33 bits per heavy atom. The van der Waals surface area contributed by atoms with Crippen molar-refractivity contribution in [2.24, 2.45) is 5.14 Å². The van der Waals surface area contributed by atoms with E-state index < -0.39 is 20.0 Å². The summed E-state index contributed by atoms with van der Waals surface area (Å²) in [5, 5.41) is 5.02. The van der Waals surface area contributed by atoms with Gasteiger partial charge in [-0.15, -0.1) is 0 Å². The van der Waals surface area contributed by atoms with Crippen LogP contribution in [-0.2, 0) is 20.0 Å². The summed E-state index contributed by atoms with van der Waals surface area (Å²) in [5.74, 6) is -0.0454. The minimum atomic E-state index is -4.03. The lowest BCUT2D eigenvalue weighted by atomic mass is 10.4. The highest BCUT2D eigenvalue weighted by Crippen LogP contribution is 2.18. The molecule has 8 nitrogen and oxygen atoms in total. The van der Waals surface area contributed by atoms with E-state index in [0.29, 0.717) is 0 Å². The second-order valence-corrected chi connectivity index (χ2v) is 7.48. The van der Waals surface area contributed by atoms with Crippen LogP contribution in [0.3, 0.4) is 0 Å². The number of benzene rings is 1. The van der Waals surface area contributed by atoms with E-state index in [2.05, 4.69) is 14.7 Å². The summed E-state index contributed by atoms with van der Waals surface area (Å²) in [6, 6.07) is 5.83. The molecule has 1 heterocycles. The highest BCUT2D eigenvalue weighted by molar-refractivity contribution is 7.92. The molecule has 0 bridgehead atoms. The molecule has 0 atom stereocenters. The van der Waals surface area contributed by atoms with E-state index in [-0.39, 0.29) is 20.8 Å². The van der Waals surface area contributed by atoms with Gasteiger partial charge in [-0.2, -0.15) is 0 Å². The minimum Gasteiger partial charge on any atom is -0.263 e. The summed E-state index contributed by atoms with van der Waals surface area (Å²) in [7, 11) is -8.04. The van der Waals surface area contributed by atoms with Crippen molar-refractivity contribution in [1.29, 1.82) is 0 Å². The molecular weight excluding hydrogens is 340 g/mol. The number of hydrogen-bond acceptors (Lipinski definition) is 6. The Hall–Kier alpha value is -1.75. The largest absolute Gasteiger partial charge is 0.263 e. The molecule has 0 fully saturated rings. The molecule has 0 amide bonds. The number of nitrogens with two attached hydrogens (primary N) is 1. The SMILES string of the molecule is NS(=O)(=O)c1cccc(S(=O)(=O)Nc2cc(Cl)ncn2)c1. The van der Waals surface area contributed by atoms with Crippen molar-refractivity contribution in [1.82, 2.24) is 9.97 Å². The van der Waals surface area contributed by atoms with Gasteiger partial charge < -0.3 is 0 Å². The number of aromatic nitrogens is 2. The molecule has 21 heavy (non-hydrogen) atoms. The standard InChI is InChI=1S/C10H9ClN4O4S2/c11-9-5-10(14-6-13-9)15-21(18,19)8-3-1-2-7(4-8)20(12,16)17/h1-6H,(H2,12,16,17)(H,13,14,15). The van der Waals surface area contributed by atoms with Crippen LogP contribution in [0.5, 0.6) is 0 Å². The average Bonchev–Trinajstić information content (AvgIpc) is 2.37. The Balaban J connectivity index is 2.41. The lowest BCUT2D eigenvalue weighted by molar-refractivity contribution is 0.597. The van der Waals surface area contributed by atoms with E-state index in [9.17, 15) is 16.8 Å². The summed E-state index contributed by atoms with van der Waals surface area (Å²) < 4.78 is 48.9. The fourth-order valence-corrected chi connectivity index (χ4v) is 3.23. The maximum Gasteiger partial charge on any atom is 0.263 e. The molecule has 0 aliphatic heterocycles. The normalized spacial score (nSPS) is 12.1. The van der Waals surface area contributed by atoms with Gasteiger partial charge in [0.15, 0.2) is 0 Å². The van der Waals surface area contributed by atoms with Crippen LogP contribution in [0.4, 0.5) is 5.82 Å². The average molecular weight is 349 g/mol. The highest BCUT2D eigenvalue weighted by Gasteiger charge is 2.18. The van der Waals surface area contributed by atoms with Crippen molar-refractivity contribution in [3.05, 3.63) is 41.8 Å². The fourth-order valence-electron chi connectivity index (χ4n) is 1.40. The highest BCUT2D eigenvalue weighted by atomic mass is 35.5. The number of sulfonamides is 2. The van der Waals surface area contributed by atoms with Crippen LogP contribution in [0.2, 0.25) is 5.15 Å². The smallest absolute Gasteiger partial charge is 0.263 e. The second-order valence-electron chi connectivity index (χ2n) is 3.85. The van der Waals surface area contributed by atoms with E-state index in [0.717, 1.165) is 12.4 Å². The van der Waals surface area contributed by atoms with Crippen molar-refractivity contribution in [2.45, 2.75) is 9.79 Å². The van der Waals surface area contributed by atoms with E-state index in [1.165, 1.54) is 24.3 Å². The summed E-state index contributed by atoms with van der Waals surface area (Å²) in [5.41, 5.74) is 0. The predicted octanol–water partition coefficient (Wildman–Crippen LogP) is 0.578. The lowest BCUT2D eigenvalue weighted by Gasteiger charge is -2.08. The number of hydrogen-bond donors (Lipinski definition) is 2. The van der Waals surface area contributed by atoms with Gasteiger partial charge in [-0.1, -0.05) is 17.7 Å². The minimum absolute atomic E-state index is 0.0454. The Labute approximate surface area is 126 Å². The van der Waals surface area contributed by atoms with Crippen LogP contribution < -0.4 is 9.86 Å². The zero-order valence-electron chi connectivity index (χ0n) is 10.3. The molecule has 0 aliphatic carbocycles. The van der Waals surface area contributed by atoms with Crippen molar-refractivity contribution in [3.63, 3.8) is 0 Å². The zero-order chi connectivity index (χ0) is 15.7. The molecule has 1 aromatic heterocycles. The number of rotatable bonds is 4. The maximum atomic E-state index is 12.1. The van der Waals surface area contributed by atoms with Crippen LogP contribution in [0.15, 0.2) is 46.5 Å². The topological polar surface area (TPSA) is 132 Å². The molecule has 11 heteroatoms. The van der Waals surface area contributed by atoms with Gasteiger partial charge in [0, 0.05) is 6.07 Å². The van der Waals surface area contributed by atoms with Crippen molar-refractivity contribution < 1.29 is 16.8 Å². The maximum absolute atomic E-state index is 12.1. The van der Waals surface area contributed by atoms with Crippen LogP contribution in [-0.4, -0.2) is 26.8 Å². The van der Waals surface area contributed by atoms with Crippen LogP contribution in [0.25, 0.3) is 0 Å². The van der Waals surface area contributed by atoms with E-state index in [1.807, 2.05) is 0 Å². The Kier molecular flexibility index (Phi) is 4.14. The van der Waals surface area contributed by atoms with Gasteiger partial charge in [0.2, 0.25) is 10.0 Å². The van der Waals surface area contributed by atoms with Crippen molar-refractivity contribution in [3.8, 4) is 0 Å². The number of nitrogens with zero attached hydrogens (tertiary/aromatic N) is 2. The van der Waals surface area contributed by atoms with Crippen LogP contribution in [0.1, 0.15) is 0 Å². The molecule has 0 radical (unpaired) electrons. The van der Waals surface area contributed by atoms with E-state index in [1.54, 1.807) is 0 Å². The van der Waals surface area contributed by atoms with Gasteiger partial charge in [-0.25, -0.2) is 31.9 Å². The summed E-state index contributed by atoms with van der Waals surface area (Å²) in [4.78, 5) is 6.72. The monoisotopic (exact) mass is 348 g/mol. The van der Waals surface area contributed by atoms with Gasteiger partial charge in [0.25, 0.3) is 10.0 Å². The first-order valence-corrected chi connectivity index (χ1v) is 8.72. The third-order valence-corrected chi connectivity index (χ3v) is 4.79. The molecular formula is C10H9ClN4O4S2. The molecule has 0 spiro atoms. The molecule has 0 aliphatic rings. The first-order chi connectivity index (χ1) is 9.68. The van der Waals surface area contributed by atoms with E-state index in [4.69, 9.17) is 16.7 Å². The quantitative estimate of drug-likeness (QED) is 0.776. The molecule has 0 unspecified atom stereocenters. The van der Waals surface area contributed by atoms with Crippen molar-refractivity contribution >= 4 is 37.5 Å². The first-order valence-electron chi connectivity index (χ1n) is 5.32. The number of halogens is 1. The number of primary sulfonamides is 1. The lowest BCUT2D eigenvalue weighted by Crippen LogP contribution is -2.16. The Morgan fingerprint density at radius 1 is 1.05 bits per heavy atom. The summed E-state index contributed by atoms with van der Waals surface area (Å²) in [6.07, 6.45) is 1.08. The number of anilines is 1. The second kappa shape index (κ2) is 5.56. The first kappa shape index (κ1) is 15.6. The summed E-state index contributed by atoms with van der Waals surface area (Å²) >= 11 is 5.62. The molecule has 3 N–H and O–H groups in total. The van der Waals surface area contributed by atoms with Gasteiger partial charge in [-0.3, -0.25) is 4.72 Å². The third kappa shape index (κ3) is 3.88. The molecule has 2 aromatic rings. The molecule has 0 saturated heterocycles. The predicted molar refractivity (Wildman–Crippen MR) is 75.7 cm³/mol.